The van der Waals surface area contributed by atoms with Crippen LogP contribution in [-0.4, -0.2) is 38.9 Å². The summed E-state index contributed by atoms with van der Waals surface area (Å²) in [5.41, 5.74) is 2.11. The molecule has 4 saturated carbocycles. The van der Waals surface area contributed by atoms with Gasteiger partial charge in [-0.1, -0.05) is 43.3 Å². The first kappa shape index (κ1) is 24.0. The second-order valence-electron chi connectivity index (χ2n) is 11.5. The molecule has 0 unspecified atom stereocenters. The van der Waals surface area contributed by atoms with Crippen molar-refractivity contribution in [2.75, 3.05) is 17.2 Å². The standard InChI is InChI=1S/C28H37N5O2S/c1-2-3-9-33-24(17-29-26(35)28-14-19-11-20(15-28)13-21(12-19)16-28)30-31-27(33)36-18-25(34)32-10-8-22-6-4-5-7-23(22)32/h4-7,19-21H,2-3,8-18H2,1H3,(H,29,35). The highest BCUT2D eigenvalue weighted by Crippen LogP contribution is 2.60. The molecule has 0 saturated heterocycles. The first-order valence-corrected chi connectivity index (χ1v) is 14.7. The van der Waals surface area contributed by atoms with Crippen LogP contribution in [0.2, 0.25) is 0 Å². The van der Waals surface area contributed by atoms with Gasteiger partial charge in [-0.3, -0.25) is 9.59 Å². The van der Waals surface area contributed by atoms with Crippen LogP contribution < -0.4 is 10.2 Å². The lowest BCUT2D eigenvalue weighted by Gasteiger charge is -2.55. The molecule has 7 rings (SSSR count). The van der Waals surface area contributed by atoms with Gasteiger partial charge in [0.25, 0.3) is 0 Å². The first-order chi connectivity index (χ1) is 17.5. The van der Waals surface area contributed by atoms with E-state index in [0.29, 0.717) is 12.3 Å². The van der Waals surface area contributed by atoms with Crippen molar-refractivity contribution in [1.29, 1.82) is 0 Å². The van der Waals surface area contributed by atoms with Crippen molar-refractivity contribution < 1.29 is 9.59 Å². The second-order valence-corrected chi connectivity index (χ2v) is 12.4. The zero-order valence-electron chi connectivity index (χ0n) is 21.2. The third-order valence-corrected chi connectivity index (χ3v) is 9.92. The van der Waals surface area contributed by atoms with Crippen molar-refractivity contribution in [3.63, 3.8) is 0 Å². The van der Waals surface area contributed by atoms with E-state index in [-0.39, 0.29) is 17.2 Å². The van der Waals surface area contributed by atoms with E-state index in [2.05, 4.69) is 33.1 Å². The second kappa shape index (κ2) is 9.84. The lowest BCUT2D eigenvalue weighted by atomic mass is 9.49. The largest absolute Gasteiger partial charge is 0.348 e. The zero-order valence-corrected chi connectivity index (χ0v) is 22.1. The van der Waals surface area contributed by atoms with Crippen LogP contribution in [0, 0.1) is 23.2 Å². The highest BCUT2D eigenvalue weighted by Gasteiger charge is 2.54. The molecule has 0 spiro atoms. The highest BCUT2D eigenvalue weighted by atomic mass is 32.2. The molecule has 0 atom stereocenters. The minimum Gasteiger partial charge on any atom is -0.348 e. The Hall–Kier alpha value is -2.35. The number of unbranched alkanes of at least 4 members (excludes halogenated alkanes) is 1. The molecular weight excluding hydrogens is 470 g/mol. The fraction of sp³-hybridized carbons (Fsp3) is 0.643. The number of anilines is 1. The van der Waals surface area contributed by atoms with Gasteiger partial charge in [-0.05, 0) is 80.8 Å². The molecule has 1 aliphatic heterocycles. The average molecular weight is 508 g/mol. The maximum Gasteiger partial charge on any atom is 0.237 e. The van der Waals surface area contributed by atoms with Crippen molar-refractivity contribution in [1.82, 2.24) is 20.1 Å². The lowest BCUT2D eigenvalue weighted by molar-refractivity contribution is -0.146. The van der Waals surface area contributed by atoms with Gasteiger partial charge >= 0.3 is 0 Å². The summed E-state index contributed by atoms with van der Waals surface area (Å²) in [6.07, 6.45) is 10.2. The van der Waals surface area contributed by atoms with Gasteiger partial charge in [-0.25, -0.2) is 0 Å². The SMILES string of the molecule is CCCCn1c(CNC(=O)C23CC4CC(CC(C4)C2)C3)nnc1SCC(=O)N1CCc2ccccc21. The Labute approximate surface area is 217 Å². The molecule has 36 heavy (non-hydrogen) atoms. The minimum atomic E-state index is -0.154. The number of para-hydroxylation sites is 1. The van der Waals surface area contributed by atoms with E-state index >= 15 is 0 Å². The van der Waals surface area contributed by atoms with Crippen LogP contribution in [0.4, 0.5) is 5.69 Å². The van der Waals surface area contributed by atoms with Crippen molar-refractivity contribution in [2.24, 2.45) is 23.2 Å². The van der Waals surface area contributed by atoms with Gasteiger partial charge in [0.1, 0.15) is 0 Å². The van der Waals surface area contributed by atoms with E-state index in [1.807, 2.05) is 23.1 Å². The molecular formula is C28H37N5O2S. The summed E-state index contributed by atoms with van der Waals surface area (Å²) in [4.78, 5) is 28.4. The van der Waals surface area contributed by atoms with Gasteiger partial charge in [-0.2, -0.15) is 0 Å². The van der Waals surface area contributed by atoms with E-state index in [1.54, 1.807) is 0 Å². The van der Waals surface area contributed by atoms with Crippen LogP contribution >= 0.6 is 11.8 Å². The monoisotopic (exact) mass is 507 g/mol. The molecule has 2 amide bonds. The van der Waals surface area contributed by atoms with Crippen molar-refractivity contribution in [2.45, 2.75) is 83.0 Å². The molecule has 4 fully saturated rings. The maximum absolute atomic E-state index is 13.4. The molecule has 192 valence electrons. The van der Waals surface area contributed by atoms with Crippen LogP contribution in [0.3, 0.4) is 0 Å². The van der Waals surface area contributed by atoms with Crippen molar-refractivity contribution in [3.8, 4) is 0 Å². The summed E-state index contributed by atoms with van der Waals surface area (Å²) < 4.78 is 2.11. The average Bonchev–Trinajstić information content (AvgIpc) is 3.47. The number of fused-ring (bicyclic) bond motifs is 1. The summed E-state index contributed by atoms with van der Waals surface area (Å²) in [7, 11) is 0. The fourth-order valence-electron chi connectivity index (χ4n) is 7.63. The molecule has 7 nitrogen and oxygen atoms in total. The molecule has 1 N–H and O–H groups in total. The highest BCUT2D eigenvalue weighted by molar-refractivity contribution is 7.99. The van der Waals surface area contributed by atoms with Gasteiger partial charge in [0, 0.05) is 24.2 Å². The number of nitrogens with zero attached hydrogens (tertiary/aromatic N) is 4. The van der Waals surface area contributed by atoms with Gasteiger partial charge in [0.2, 0.25) is 11.8 Å². The van der Waals surface area contributed by atoms with Crippen LogP contribution in [0.1, 0.15) is 69.7 Å². The van der Waals surface area contributed by atoms with E-state index in [4.69, 9.17) is 0 Å². The first-order valence-electron chi connectivity index (χ1n) is 13.8. The number of thioether (sulfide) groups is 1. The Morgan fingerprint density at radius 1 is 1.08 bits per heavy atom. The minimum absolute atomic E-state index is 0.103. The molecule has 5 aliphatic rings. The molecule has 4 aliphatic carbocycles. The van der Waals surface area contributed by atoms with Gasteiger partial charge in [0.15, 0.2) is 11.0 Å². The van der Waals surface area contributed by atoms with Crippen molar-refractivity contribution in [3.05, 3.63) is 35.7 Å². The summed E-state index contributed by atoms with van der Waals surface area (Å²) in [5.74, 6) is 3.70. The normalized spacial score (nSPS) is 27.9. The molecule has 4 bridgehead atoms. The van der Waals surface area contributed by atoms with E-state index < -0.39 is 0 Å². The molecule has 1 aromatic heterocycles. The Bertz CT molecular complexity index is 1110. The van der Waals surface area contributed by atoms with Crippen LogP contribution in [0.5, 0.6) is 0 Å². The Balaban J connectivity index is 1.10. The predicted molar refractivity (Wildman–Crippen MR) is 141 cm³/mol. The zero-order chi connectivity index (χ0) is 24.7. The summed E-state index contributed by atoms with van der Waals surface area (Å²) in [6.45, 7) is 4.11. The van der Waals surface area contributed by atoms with Gasteiger partial charge in [0.05, 0.1) is 12.3 Å². The number of hydrogen-bond donors (Lipinski definition) is 1. The number of amides is 2. The van der Waals surface area contributed by atoms with Gasteiger partial charge < -0.3 is 14.8 Å². The summed E-state index contributed by atoms with van der Waals surface area (Å²) in [6, 6.07) is 8.14. The van der Waals surface area contributed by atoms with Crippen LogP contribution in [0.25, 0.3) is 0 Å². The molecule has 1 aromatic carbocycles. The topological polar surface area (TPSA) is 80.1 Å². The molecule has 2 heterocycles. The molecule has 2 aromatic rings. The third-order valence-electron chi connectivity index (χ3n) is 8.97. The third kappa shape index (κ3) is 4.46. The van der Waals surface area contributed by atoms with Crippen molar-refractivity contribution >= 4 is 29.3 Å². The number of rotatable bonds is 9. The molecule has 0 radical (unpaired) electrons. The predicted octanol–water partition coefficient (Wildman–Crippen LogP) is 4.59. The van der Waals surface area contributed by atoms with E-state index in [9.17, 15) is 9.59 Å². The summed E-state index contributed by atoms with van der Waals surface area (Å²) >= 11 is 1.45. The number of nitrogens with one attached hydrogen (secondary N) is 1. The van der Waals surface area contributed by atoms with Crippen LogP contribution in [0.15, 0.2) is 29.4 Å². The smallest absolute Gasteiger partial charge is 0.237 e. The number of carbonyl (C=O) groups is 2. The number of hydrogen-bond acceptors (Lipinski definition) is 5. The Morgan fingerprint density at radius 2 is 1.81 bits per heavy atom. The fourth-order valence-corrected chi connectivity index (χ4v) is 8.49. The van der Waals surface area contributed by atoms with Gasteiger partial charge in [-0.15, -0.1) is 10.2 Å². The summed E-state index contributed by atoms with van der Waals surface area (Å²) in [5, 5.41) is 12.9. The number of carbonyl (C=O) groups excluding carboxylic acids is 2. The number of aromatic nitrogens is 3. The Kier molecular flexibility index (Phi) is 6.56. The number of benzene rings is 1. The molecule has 8 heteroatoms. The lowest BCUT2D eigenvalue weighted by Crippen LogP contribution is -2.53. The van der Waals surface area contributed by atoms with Crippen LogP contribution in [-0.2, 0) is 29.1 Å². The van der Waals surface area contributed by atoms with E-state index in [0.717, 1.165) is 86.0 Å². The maximum atomic E-state index is 13.4. The quantitative estimate of drug-likeness (QED) is 0.502. The van der Waals surface area contributed by atoms with E-state index in [1.165, 1.54) is 36.6 Å². The Morgan fingerprint density at radius 3 is 2.53 bits per heavy atom.